The maximum absolute atomic E-state index is 12.9. The molecule has 306 valence electrons. The third-order valence-electron chi connectivity index (χ3n) is 8.16. The quantitative estimate of drug-likeness (QED) is 0.0593. The second-order valence-electron chi connectivity index (χ2n) is 12.4. The molecule has 1 aliphatic carbocycles. The fourth-order valence-electron chi connectivity index (χ4n) is 5.36. The van der Waals surface area contributed by atoms with Gasteiger partial charge in [-0.3, -0.25) is 0 Å². The zero-order chi connectivity index (χ0) is 42.2. The van der Waals surface area contributed by atoms with Crippen LogP contribution in [-0.2, 0) is 6.18 Å². The van der Waals surface area contributed by atoms with Crippen LogP contribution in [0.1, 0.15) is 37.7 Å². The van der Waals surface area contributed by atoms with Gasteiger partial charge < -0.3 is 47.2 Å². The van der Waals surface area contributed by atoms with E-state index in [1.807, 2.05) is 30.3 Å². The summed E-state index contributed by atoms with van der Waals surface area (Å²) in [6, 6.07) is 29.6. The van der Waals surface area contributed by atoms with Crippen LogP contribution in [0.5, 0.6) is 17.2 Å². The lowest BCUT2D eigenvalue weighted by Gasteiger charge is -2.24. The van der Waals surface area contributed by atoms with Gasteiger partial charge in [0.05, 0.1) is 43.4 Å². The van der Waals surface area contributed by atoms with Crippen LogP contribution >= 0.6 is 71.5 Å². The molecule has 0 unspecified atom stereocenters. The van der Waals surface area contributed by atoms with Crippen LogP contribution in [0.2, 0.25) is 15.1 Å². The average molecular weight is 910 g/mol. The van der Waals surface area contributed by atoms with Gasteiger partial charge in [0.1, 0.15) is 0 Å². The number of benzene rings is 5. The Bertz CT molecular complexity index is 2180. The molecule has 9 nitrogen and oxygen atoms in total. The molecule has 0 heterocycles. The van der Waals surface area contributed by atoms with Gasteiger partial charge in [-0.1, -0.05) is 103 Å². The topological polar surface area (TPSA) is 133 Å². The van der Waals surface area contributed by atoms with Crippen LogP contribution in [0.15, 0.2) is 109 Å². The van der Waals surface area contributed by atoms with Crippen molar-refractivity contribution in [3.63, 3.8) is 0 Å². The van der Waals surface area contributed by atoms with Gasteiger partial charge in [0.25, 0.3) is 0 Å². The van der Waals surface area contributed by atoms with Crippen molar-refractivity contribution in [2.45, 2.75) is 44.3 Å². The van der Waals surface area contributed by atoms with E-state index in [4.69, 9.17) is 71.5 Å². The van der Waals surface area contributed by atoms with Crippen molar-refractivity contribution in [3.05, 3.63) is 130 Å². The number of rotatable bonds is 6. The Morgan fingerprint density at radius 3 is 1.38 bits per heavy atom. The highest BCUT2D eigenvalue weighted by Crippen LogP contribution is 2.36. The van der Waals surface area contributed by atoms with Gasteiger partial charge in [0, 0.05) is 11.7 Å². The number of hydrogen-bond acceptors (Lipinski definition) is 6. The molecule has 0 bridgehead atoms. The lowest BCUT2D eigenvalue weighted by atomic mass is 9.96. The molecular weight excluding hydrogens is 872 g/mol. The van der Waals surface area contributed by atoms with Gasteiger partial charge in [-0.05, 0) is 110 Å². The molecular formula is C40H38Cl3F3N6O3S3. The smallest absolute Gasteiger partial charge is 0.418 e. The van der Waals surface area contributed by atoms with Crippen molar-refractivity contribution < 1.29 is 28.5 Å². The molecule has 1 fully saturated rings. The Morgan fingerprint density at radius 2 is 0.897 bits per heavy atom. The largest absolute Gasteiger partial charge is 0.504 e. The molecule has 0 radical (unpaired) electrons. The normalized spacial score (nSPS) is 12.3. The first kappa shape index (κ1) is 45.9. The predicted octanol–water partition coefficient (Wildman–Crippen LogP) is 12.4. The molecule has 5 aromatic rings. The number of phenols is 3. The second kappa shape index (κ2) is 22.4. The molecule has 0 saturated heterocycles. The van der Waals surface area contributed by atoms with Gasteiger partial charge in [-0.2, -0.15) is 13.2 Å². The summed E-state index contributed by atoms with van der Waals surface area (Å²) in [6.07, 6.45) is 1.63. The molecule has 58 heavy (non-hydrogen) atoms. The number of aromatic hydroxyl groups is 3. The summed E-state index contributed by atoms with van der Waals surface area (Å²) in [5.74, 6) is -0.222. The number of nitrogens with one attached hydrogen (secondary N) is 6. The number of phenolic OH excluding ortho intramolecular Hbond substituents is 3. The summed E-state index contributed by atoms with van der Waals surface area (Å²) in [5.41, 5.74) is 1.04. The van der Waals surface area contributed by atoms with E-state index in [2.05, 4.69) is 31.9 Å². The third-order valence-corrected chi connectivity index (χ3v) is 9.70. The van der Waals surface area contributed by atoms with Crippen LogP contribution in [0.25, 0.3) is 0 Å². The minimum atomic E-state index is -4.50. The Kier molecular flexibility index (Phi) is 17.7. The summed E-state index contributed by atoms with van der Waals surface area (Å²) >= 11 is 32.7. The van der Waals surface area contributed by atoms with Gasteiger partial charge >= 0.3 is 6.18 Å². The summed E-state index contributed by atoms with van der Waals surface area (Å²) < 4.78 is 38.6. The van der Waals surface area contributed by atoms with Crippen LogP contribution in [0.4, 0.5) is 41.6 Å². The van der Waals surface area contributed by atoms with E-state index in [1.165, 1.54) is 49.6 Å². The zero-order valence-electron chi connectivity index (χ0n) is 30.3. The highest BCUT2D eigenvalue weighted by molar-refractivity contribution is 7.81. The monoisotopic (exact) mass is 908 g/mol. The predicted molar refractivity (Wildman–Crippen MR) is 243 cm³/mol. The Morgan fingerprint density at radius 1 is 0.500 bits per heavy atom. The van der Waals surface area contributed by atoms with Gasteiger partial charge in [0.15, 0.2) is 32.6 Å². The van der Waals surface area contributed by atoms with E-state index < -0.39 is 11.7 Å². The lowest BCUT2D eigenvalue weighted by molar-refractivity contribution is -0.136. The van der Waals surface area contributed by atoms with E-state index in [0.717, 1.165) is 24.6 Å². The van der Waals surface area contributed by atoms with Crippen molar-refractivity contribution in [2.24, 2.45) is 0 Å². The fraction of sp³-hybridized carbons (Fsp3) is 0.175. The highest BCUT2D eigenvalue weighted by Gasteiger charge is 2.33. The van der Waals surface area contributed by atoms with Gasteiger partial charge in [0.2, 0.25) is 0 Å². The SMILES string of the molecule is Oc1c(Cl)cccc1NC(=S)NC1CCCCC1.Oc1c(Cl)cccc1NC(=S)Nc1ccccc1.Oc1c(Cl)cccc1NC(=S)Nc1ccccc1C(F)(F)F. The minimum absolute atomic E-state index is 0.0172. The Balaban J connectivity index is 0.000000194. The van der Waals surface area contributed by atoms with Crippen LogP contribution in [0.3, 0.4) is 0 Å². The average Bonchev–Trinajstić information content (AvgIpc) is 3.18. The molecule has 0 atom stereocenters. The minimum Gasteiger partial charge on any atom is -0.504 e. The third kappa shape index (κ3) is 14.6. The van der Waals surface area contributed by atoms with Crippen molar-refractivity contribution in [3.8, 4) is 17.2 Å². The van der Waals surface area contributed by atoms with E-state index in [0.29, 0.717) is 32.7 Å². The standard InChI is InChI=1S/C14H10ClF3N2OS.C13H17ClN2OS.C13H11ClN2OS/c15-9-5-3-7-11(12(9)21)20-13(22)19-10-6-2-1-4-8(10)14(16,17)18;2*14-10-7-4-8-11(12(10)17)16-13(18)15-9-5-2-1-3-6-9/h1-7,21H,(H2,19,20,22);4,7-9,17H,1-3,5-6H2,(H2,15,16,18);1-8,17H,(H2,15,16,18). The molecule has 5 aromatic carbocycles. The van der Waals surface area contributed by atoms with Crippen molar-refractivity contribution in [2.75, 3.05) is 26.6 Å². The van der Waals surface area contributed by atoms with Crippen LogP contribution < -0.4 is 31.9 Å². The number of thiocarbonyl (C=S) groups is 3. The molecule has 1 aliphatic rings. The van der Waals surface area contributed by atoms with E-state index in [-0.39, 0.29) is 43.8 Å². The van der Waals surface area contributed by atoms with Crippen molar-refractivity contribution in [1.82, 2.24) is 5.32 Å². The molecule has 9 N–H and O–H groups in total. The molecule has 0 amide bonds. The molecule has 1 saturated carbocycles. The number of alkyl halides is 3. The summed E-state index contributed by atoms with van der Waals surface area (Å²) in [6.45, 7) is 0. The maximum atomic E-state index is 12.9. The van der Waals surface area contributed by atoms with Crippen molar-refractivity contribution in [1.29, 1.82) is 0 Å². The maximum Gasteiger partial charge on any atom is 0.418 e. The Labute approximate surface area is 364 Å². The zero-order valence-corrected chi connectivity index (χ0v) is 35.1. The molecule has 6 rings (SSSR count). The van der Waals surface area contributed by atoms with Gasteiger partial charge in [-0.15, -0.1) is 0 Å². The molecule has 0 aliphatic heterocycles. The van der Waals surface area contributed by atoms with Gasteiger partial charge in [-0.25, -0.2) is 0 Å². The number of halogens is 6. The van der Waals surface area contributed by atoms with E-state index in [9.17, 15) is 28.5 Å². The first-order chi connectivity index (χ1) is 27.6. The van der Waals surface area contributed by atoms with Crippen LogP contribution in [0, 0.1) is 0 Å². The number of hydrogen-bond donors (Lipinski definition) is 9. The molecule has 0 aromatic heterocycles. The van der Waals surface area contributed by atoms with E-state index in [1.54, 1.807) is 42.5 Å². The fourth-order valence-corrected chi connectivity index (χ4v) is 6.61. The summed E-state index contributed by atoms with van der Waals surface area (Å²) in [5, 5.41) is 48.0. The first-order valence-corrected chi connectivity index (χ1v) is 19.9. The highest BCUT2D eigenvalue weighted by atomic mass is 35.5. The molecule has 18 heteroatoms. The number of anilines is 5. The number of para-hydroxylation sites is 5. The van der Waals surface area contributed by atoms with Crippen molar-refractivity contribution >= 4 is 115 Å². The summed E-state index contributed by atoms with van der Waals surface area (Å²) in [4.78, 5) is 0. The molecule has 0 spiro atoms. The van der Waals surface area contributed by atoms with E-state index >= 15 is 0 Å². The Hall–Kier alpha value is -4.77. The van der Waals surface area contributed by atoms with Crippen LogP contribution in [-0.4, -0.2) is 36.7 Å². The first-order valence-electron chi connectivity index (χ1n) is 17.5. The lowest BCUT2D eigenvalue weighted by Crippen LogP contribution is -2.38. The summed E-state index contributed by atoms with van der Waals surface area (Å²) in [7, 11) is 0. The second-order valence-corrected chi connectivity index (χ2v) is 14.9.